The minimum atomic E-state index is -0.288. The zero-order valence-electron chi connectivity index (χ0n) is 17.6. The SMILES string of the molecule is COC1=CC(n2nnc(C(=O)Nc3cccc(N4CCCC4)c3)c2C)=C(OC)CC1. The Morgan fingerprint density at radius 1 is 1.13 bits per heavy atom. The van der Waals surface area contributed by atoms with Gasteiger partial charge in [-0.2, -0.15) is 0 Å². The lowest BCUT2D eigenvalue weighted by molar-refractivity contribution is 0.102. The summed E-state index contributed by atoms with van der Waals surface area (Å²) in [5.74, 6) is 1.34. The highest BCUT2D eigenvalue weighted by Crippen LogP contribution is 2.29. The lowest BCUT2D eigenvalue weighted by Gasteiger charge is -2.19. The Bertz CT molecular complexity index is 1000. The van der Waals surface area contributed by atoms with Crippen molar-refractivity contribution in [3.63, 3.8) is 0 Å². The Morgan fingerprint density at radius 3 is 2.67 bits per heavy atom. The topological polar surface area (TPSA) is 81.5 Å². The molecular formula is C22H27N5O3. The largest absolute Gasteiger partial charge is 0.501 e. The monoisotopic (exact) mass is 409 g/mol. The molecule has 0 spiro atoms. The van der Waals surface area contributed by atoms with Crippen LogP contribution < -0.4 is 10.2 Å². The Labute approximate surface area is 176 Å². The summed E-state index contributed by atoms with van der Waals surface area (Å²) in [6, 6.07) is 7.92. The van der Waals surface area contributed by atoms with Gasteiger partial charge in [0.25, 0.3) is 5.91 Å². The molecule has 1 aromatic carbocycles. The van der Waals surface area contributed by atoms with Crippen molar-refractivity contribution < 1.29 is 14.3 Å². The van der Waals surface area contributed by atoms with Gasteiger partial charge < -0.3 is 19.7 Å². The van der Waals surface area contributed by atoms with Crippen LogP contribution in [0, 0.1) is 6.92 Å². The quantitative estimate of drug-likeness (QED) is 0.785. The van der Waals surface area contributed by atoms with Crippen molar-refractivity contribution in [3.05, 3.63) is 53.2 Å². The van der Waals surface area contributed by atoms with Crippen LogP contribution in [0.1, 0.15) is 41.9 Å². The average molecular weight is 409 g/mol. The molecule has 158 valence electrons. The molecule has 8 heteroatoms. The van der Waals surface area contributed by atoms with Crippen molar-refractivity contribution in [3.8, 4) is 0 Å². The number of hydrogen-bond acceptors (Lipinski definition) is 6. The number of methoxy groups -OCH3 is 2. The number of carbonyl (C=O) groups excluding carboxylic acids is 1. The van der Waals surface area contributed by atoms with Gasteiger partial charge in [0, 0.05) is 43.4 Å². The molecule has 1 aliphatic carbocycles. The molecule has 0 atom stereocenters. The first kappa shape index (κ1) is 20.0. The Balaban J connectivity index is 1.57. The molecule has 1 fully saturated rings. The smallest absolute Gasteiger partial charge is 0.278 e. The van der Waals surface area contributed by atoms with E-state index in [0.29, 0.717) is 12.1 Å². The number of ether oxygens (including phenoxy) is 2. The van der Waals surface area contributed by atoms with Crippen LogP contribution in [-0.4, -0.2) is 48.2 Å². The summed E-state index contributed by atoms with van der Waals surface area (Å²) in [6.45, 7) is 3.93. The van der Waals surface area contributed by atoms with E-state index in [4.69, 9.17) is 9.47 Å². The zero-order valence-corrected chi connectivity index (χ0v) is 17.6. The summed E-state index contributed by atoms with van der Waals surface area (Å²) < 4.78 is 12.5. The third-order valence-electron chi connectivity index (χ3n) is 5.60. The Morgan fingerprint density at radius 2 is 1.93 bits per heavy atom. The van der Waals surface area contributed by atoms with Crippen molar-refractivity contribution in [2.24, 2.45) is 0 Å². The second-order valence-electron chi connectivity index (χ2n) is 7.46. The van der Waals surface area contributed by atoms with Gasteiger partial charge in [-0.15, -0.1) is 5.10 Å². The van der Waals surface area contributed by atoms with E-state index in [1.165, 1.54) is 12.8 Å². The minimum absolute atomic E-state index is 0.280. The van der Waals surface area contributed by atoms with Gasteiger partial charge in [0.05, 0.1) is 25.7 Å². The third kappa shape index (κ3) is 3.90. The molecule has 30 heavy (non-hydrogen) atoms. The summed E-state index contributed by atoms with van der Waals surface area (Å²) in [7, 11) is 3.28. The number of amides is 1. The molecule has 2 aromatic rings. The summed E-state index contributed by atoms with van der Waals surface area (Å²) in [6.07, 6.45) is 5.76. The van der Waals surface area contributed by atoms with Crippen molar-refractivity contribution >= 4 is 23.0 Å². The molecule has 1 amide bonds. The maximum Gasteiger partial charge on any atom is 0.278 e. The summed E-state index contributed by atoms with van der Waals surface area (Å²) in [5.41, 5.74) is 3.53. The predicted octanol–water partition coefficient (Wildman–Crippen LogP) is 3.58. The van der Waals surface area contributed by atoms with Crippen molar-refractivity contribution in [2.75, 3.05) is 37.5 Å². The number of allylic oxidation sites excluding steroid dienone is 4. The highest BCUT2D eigenvalue weighted by molar-refractivity contribution is 6.03. The van der Waals surface area contributed by atoms with Gasteiger partial charge in [0.15, 0.2) is 5.69 Å². The minimum Gasteiger partial charge on any atom is -0.501 e. The molecule has 2 heterocycles. The van der Waals surface area contributed by atoms with Crippen LogP contribution in [0.3, 0.4) is 0 Å². The summed E-state index contributed by atoms with van der Waals surface area (Å²) >= 11 is 0. The Kier molecular flexibility index (Phi) is 5.74. The average Bonchev–Trinajstić information content (AvgIpc) is 3.43. The second-order valence-corrected chi connectivity index (χ2v) is 7.46. The van der Waals surface area contributed by atoms with E-state index in [1.54, 1.807) is 18.9 Å². The first-order chi connectivity index (χ1) is 14.6. The van der Waals surface area contributed by atoms with E-state index in [-0.39, 0.29) is 11.6 Å². The van der Waals surface area contributed by atoms with Gasteiger partial charge >= 0.3 is 0 Å². The maximum absolute atomic E-state index is 12.9. The fourth-order valence-corrected chi connectivity index (χ4v) is 3.93. The van der Waals surface area contributed by atoms with E-state index in [1.807, 2.05) is 31.2 Å². The molecule has 0 saturated carbocycles. The molecule has 1 N–H and O–H groups in total. The number of nitrogens with one attached hydrogen (secondary N) is 1. The zero-order chi connectivity index (χ0) is 21.1. The van der Waals surface area contributed by atoms with Crippen LogP contribution in [0.2, 0.25) is 0 Å². The number of carbonyl (C=O) groups is 1. The highest BCUT2D eigenvalue weighted by atomic mass is 16.5. The van der Waals surface area contributed by atoms with E-state index >= 15 is 0 Å². The number of nitrogens with zero attached hydrogens (tertiary/aromatic N) is 4. The highest BCUT2D eigenvalue weighted by Gasteiger charge is 2.23. The molecular weight excluding hydrogens is 382 g/mol. The molecule has 0 radical (unpaired) electrons. The molecule has 1 saturated heterocycles. The third-order valence-corrected chi connectivity index (χ3v) is 5.60. The first-order valence-electron chi connectivity index (χ1n) is 10.2. The fraction of sp³-hybridized carbons (Fsp3) is 0.409. The number of benzene rings is 1. The predicted molar refractivity (Wildman–Crippen MR) is 115 cm³/mol. The van der Waals surface area contributed by atoms with Gasteiger partial charge in [0.2, 0.25) is 0 Å². The van der Waals surface area contributed by atoms with Gasteiger partial charge in [-0.05, 0) is 38.0 Å². The lowest BCUT2D eigenvalue weighted by atomic mass is 10.1. The lowest BCUT2D eigenvalue weighted by Crippen LogP contribution is -2.18. The molecule has 0 unspecified atom stereocenters. The van der Waals surface area contributed by atoms with E-state index in [2.05, 4.69) is 26.6 Å². The van der Waals surface area contributed by atoms with E-state index in [9.17, 15) is 4.79 Å². The van der Waals surface area contributed by atoms with Crippen molar-refractivity contribution in [2.45, 2.75) is 32.6 Å². The van der Waals surface area contributed by atoms with Crippen LogP contribution in [0.4, 0.5) is 11.4 Å². The Hall–Kier alpha value is -3.29. The van der Waals surface area contributed by atoms with E-state index in [0.717, 1.165) is 48.1 Å². The van der Waals surface area contributed by atoms with E-state index < -0.39 is 0 Å². The molecule has 8 nitrogen and oxygen atoms in total. The van der Waals surface area contributed by atoms with Crippen molar-refractivity contribution in [1.82, 2.24) is 15.0 Å². The van der Waals surface area contributed by atoms with Crippen LogP contribution in [0.25, 0.3) is 5.70 Å². The van der Waals surface area contributed by atoms with Crippen LogP contribution >= 0.6 is 0 Å². The second kappa shape index (κ2) is 8.61. The van der Waals surface area contributed by atoms with Crippen LogP contribution in [0.5, 0.6) is 0 Å². The maximum atomic E-state index is 12.9. The number of hydrogen-bond donors (Lipinski definition) is 1. The van der Waals surface area contributed by atoms with Gasteiger partial charge in [-0.1, -0.05) is 11.3 Å². The fourth-order valence-electron chi connectivity index (χ4n) is 3.93. The van der Waals surface area contributed by atoms with Gasteiger partial charge in [-0.3, -0.25) is 4.79 Å². The normalized spacial score (nSPS) is 16.5. The molecule has 0 bridgehead atoms. The van der Waals surface area contributed by atoms with Gasteiger partial charge in [-0.25, -0.2) is 4.68 Å². The van der Waals surface area contributed by atoms with Gasteiger partial charge in [0.1, 0.15) is 11.5 Å². The standard InChI is InChI=1S/C22H27N5O3/c1-15-21(24-25-27(15)19-14-18(29-2)9-10-20(19)30-3)22(28)23-16-7-6-8-17(13-16)26-11-4-5-12-26/h6-8,13-14H,4-5,9-12H2,1-3H3,(H,23,28). The summed E-state index contributed by atoms with van der Waals surface area (Å²) in [4.78, 5) is 15.2. The molecule has 2 aliphatic rings. The van der Waals surface area contributed by atoms with Crippen LogP contribution in [0.15, 0.2) is 41.9 Å². The van der Waals surface area contributed by atoms with Crippen molar-refractivity contribution in [1.29, 1.82) is 0 Å². The number of rotatable bonds is 6. The molecule has 1 aliphatic heterocycles. The molecule has 1 aromatic heterocycles. The first-order valence-corrected chi connectivity index (χ1v) is 10.2. The van der Waals surface area contributed by atoms with Crippen LogP contribution in [-0.2, 0) is 9.47 Å². The summed E-state index contributed by atoms with van der Waals surface area (Å²) in [5, 5.41) is 11.3. The number of anilines is 2. The number of aromatic nitrogens is 3. The molecule has 4 rings (SSSR count).